The lowest BCUT2D eigenvalue weighted by molar-refractivity contribution is -0.131. The lowest BCUT2D eigenvalue weighted by atomic mass is 9.93. The molecule has 1 aliphatic carbocycles. The van der Waals surface area contributed by atoms with Gasteiger partial charge in [-0.05, 0) is 37.5 Å². The molecule has 1 N–H and O–H groups in total. The maximum absolute atomic E-state index is 13.6. The normalized spacial score (nSPS) is 22.7. The fraction of sp³-hybridized carbons (Fsp3) is 0.417. The summed E-state index contributed by atoms with van der Waals surface area (Å²) in [7, 11) is 0. The van der Waals surface area contributed by atoms with E-state index in [1.807, 2.05) is 61.5 Å². The highest BCUT2D eigenvalue weighted by Gasteiger charge is 2.45. The summed E-state index contributed by atoms with van der Waals surface area (Å²) in [6.07, 6.45) is 5.63. The van der Waals surface area contributed by atoms with Crippen molar-refractivity contribution in [2.24, 2.45) is 0 Å². The van der Waals surface area contributed by atoms with E-state index in [1.54, 1.807) is 16.7 Å². The minimum absolute atomic E-state index is 0.0333. The standard InChI is InChI=1S/C24H28N2O2S/c1-24(23(28)25-19-12-6-3-7-13-19)17-29-21-15-9-8-14-20(21)22(27)26(24)16-18-10-4-2-5-11-18/h2,4-5,8-11,14-15,19H,3,6-7,12-13,16-17H2,1H3,(H,25,28). The Labute approximate surface area is 177 Å². The molecule has 0 saturated heterocycles. The summed E-state index contributed by atoms with van der Waals surface area (Å²) in [6.45, 7) is 2.34. The highest BCUT2D eigenvalue weighted by Crippen LogP contribution is 2.36. The lowest BCUT2D eigenvalue weighted by Crippen LogP contribution is -2.61. The van der Waals surface area contributed by atoms with Gasteiger partial charge in [0.15, 0.2) is 0 Å². The number of carbonyl (C=O) groups is 2. The van der Waals surface area contributed by atoms with Crippen molar-refractivity contribution in [1.82, 2.24) is 10.2 Å². The van der Waals surface area contributed by atoms with Gasteiger partial charge in [0, 0.05) is 23.2 Å². The van der Waals surface area contributed by atoms with Gasteiger partial charge in [-0.15, -0.1) is 11.8 Å². The Balaban J connectivity index is 1.67. The van der Waals surface area contributed by atoms with Gasteiger partial charge in [-0.2, -0.15) is 0 Å². The number of carbonyl (C=O) groups excluding carboxylic acids is 2. The molecule has 1 fully saturated rings. The van der Waals surface area contributed by atoms with Crippen molar-refractivity contribution in [2.45, 2.75) is 62.0 Å². The Kier molecular flexibility index (Phi) is 5.95. The zero-order valence-corrected chi connectivity index (χ0v) is 17.7. The molecule has 0 bridgehead atoms. The molecule has 2 aliphatic rings. The van der Waals surface area contributed by atoms with E-state index in [-0.39, 0.29) is 17.9 Å². The van der Waals surface area contributed by atoms with E-state index >= 15 is 0 Å². The van der Waals surface area contributed by atoms with Crippen molar-refractivity contribution in [3.05, 3.63) is 65.7 Å². The van der Waals surface area contributed by atoms with Crippen LogP contribution in [0.3, 0.4) is 0 Å². The van der Waals surface area contributed by atoms with Crippen molar-refractivity contribution in [2.75, 3.05) is 5.75 Å². The highest BCUT2D eigenvalue weighted by molar-refractivity contribution is 7.99. The maximum Gasteiger partial charge on any atom is 0.256 e. The van der Waals surface area contributed by atoms with Crippen LogP contribution in [0.25, 0.3) is 0 Å². The largest absolute Gasteiger partial charge is 0.351 e. The van der Waals surface area contributed by atoms with E-state index in [2.05, 4.69) is 5.32 Å². The first-order chi connectivity index (χ1) is 14.1. The van der Waals surface area contributed by atoms with Crippen LogP contribution in [0.2, 0.25) is 0 Å². The van der Waals surface area contributed by atoms with Crippen molar-refractivity contribution in [1.29, 1.82) is 0 Å². The Morgan fingerprint density at radius 1 is 1.07 bits per heavy atom. The Bertz CT molecular complexity index is 879. The molecule has 1 unspecified atom stereocenters. The predicted octanol–water partition coefficient (Wildman–Crippen LogP) is 4.64. The van der Waals surface area contributed by atoms with E-state index in [4.69, 9.17) is 0 Å². The minimum Gasteiger partial charge on any atom is -0.351 e. The Hall–Kier alpha value is -2.27. The summed E-state index contributed by atoms with van der Waals surface area (Å²) in [5.41, 5.74) is 0.804. The summed E-state index contributed by atoms with van der Waals surface area (Å²) in [5, 5.41) is 3.27. The van der Waals surface area contributed by atoms with Crippen LogP contribution in [0.4, 0.5) is 0 Å². The monoisotopic (exact) mass is 408 g/mol. The summed E-state index contributed by atoms with van der Waals surface area (Å²) in [4.78, 5) is 29.8. The van der Waals surface area contributed by atoms with Crippen LogP contribution in [0.5, 0.6) is 0 Å². The first-order valence-electron chi connectivity index (χ1n) is 10.5. The molecule has 0 radical (unpaired) electrons. The summed E-state index contributed by atoms with van der Waals surface area (Å²) in [6, 6.07) is 17.8. The number of hydrogen-bond donors (Lipinski definition) is 1. The zero-order valence-electron chi connectivity index (χ0n) is 16.9. The topological polar surface area (TPSA) is 49.4 Å². The molecule has 0 aromatic heterocycles. The number of rotatable bonds is 4. The molecule has 1 heterocycles. The van der Waals surface area contributed by atoms with Gasteiger partial charge in [0.05, 0.1) is 5.56 Å². The van der Waals surface area contributed by atoms with Gasteiger partial charge in [0.2, 0.25) is 5.91 Å². The summed E-state index contributed by atoms with van der Waals surface area (Å²) < 4.78 is 0. The first kappa shape index (κ1) is 20.0. The second-order valence-electron chi connectivity index (χ2n) is 8.24. The number of nitrogens with one attached hydrogen (secondary N) is 1. The van der Waals surface area contributed by atoms with E-state index < -0.39 is 5.54 Å². The zero-order chi connectivity index (χ0) is 20.3. The van der Waals surface area contributed by atoms with Crippen LogP contribution >= 0.6 is 11.8 Å². The third kappa shape index (κ3) is 4.20. The molecule has 5 heteroatoms. The maximum atomic E-state index is 13.6. The number of fused-ring (bicyclic) bond motifs is 1. The number of nitrogens with zero attached hydrogens (tertiary/aromatic N) is 1. The van der Waals surface area contributed by atoms with Crippen LogP contribution in [0.15, 0.2) is 59.5 Å². The van der Waals surface area contributed by atoms with Gasteiger partial charge in [-0.1, -0.05) is 61.7 Å². The lowest BCUT2D eigenvalue weighted by Gasteiger charge is -2.40. The summed E-state index contributed by atoms with van der Waals surface area (Å²) in [5.74, 6) is 0.436. The highest BCUT2D eigenvalue weighted by atomic mass is 32.2. The number of hydrogen-bond acceptors (Lipinski definition) is 3. The number of amides is 2. The second kappa shape index (κ2) is 8.62. The SMILES string of the molecule is CC1(C(=O)NC2CCCCC2)CSc2ccccc2C(=O)N1Cc1ccccc1. The quantitative estimate of drug-likeness (QED) is 0.802. The van der Waals surface area contributed by atoms with Crippen molar-refractivity contribution in [3.63, 3.8) is 0 Å². The fourth-order valence-electron chi connectivity index (χ4n) is 4.22. The Morgan fingerprint density at radius 3 is 2.52 bits per heavy atom. The van der Waals surface area contributed by atoms with Gasteiger partial charge < -0.3 is 10.2 Å². The molecule has 152 valence electrons. The smallest absolute Gasteiger partial charge is 0.256 e. The third-order valence-electron chi connectivity index (χ3n) is 6.08. The van der Waals surface area contributed by atoms with Crippen molar-refractivity contribution in [3.8, 4) is 0 Å². The average molecular weight is 409 g/mol. The van der Waals surface area contributed by atoms with Crippen LogP contribution in [-0.4, -0.2) is 34.0 Å². The number of benzene rings is 2. The molecule has 2 aromatic carbocycles. The average Bonchev–Trinajstić information content (AvgIpc) is 2.86. The fourth-order valence-corrected chi connectivity index (χ4v) is 5.43. The molecular weight excluding hydrogens is 380 g/mol. The molecule has 2 aromatic rings. The van der Waals surface area contributed by atoms with E-state index in [9.17, 15) is 9.59 Å². The first-order valence-corrected chi connectivity index (χ1v) is 11.5. The molecule has 1 atom stereocenters. The van der Waals surface area contributed by atoms with Gasteiger partial charge in [-0.25, -0.2) is 0 Å². The van der Waals surface area contributed by atoms with Gasteiger partial charge >= 0.3 is 0 Å². The van der Waals surface area contributed by atoms with Crippen LogP contribution < -0.4 is 5.32 Å². The predicted molar refractivity (Wildman–Crippen MR) is 117 cm³/mol. The molecule has 2 amide bonds. The van der Waals surface area contributed by atoms with Crippen LogP contribution in [0.1, 0.15) is 54.9 Å². The molecule has 0 spiro atoms. The molecular formula is C24H28N2O2S. The van der Waals surface area contributed by atoms with Gasteiger partial charge in [0.1, 0.15) is 5.54 Å². The minimum atomic E-state index is -0.909. The van der Waals surface area contributed by atoms with E-state index in [0.717, 1.165) is 36.1 Å². The summed E-state index contributed by atoms with van der Waals surface area (Å²) >= 11 is 1.60. The van der Waals surface area contributed by atoms with Crippen molar-refractivity contribution >= 4 is 23.6 Å². The molecule has 4 nitrogen and oxygen atoms in total. The van der Waals surface area contributed by atoms with Crippen molar-refractivity contribution < 1.29 is 9.59 Å². The van der Waals surface area contributed by atoms with E-state index in [0.29, 0.717) is 17.9 Å². The molecule has 4 rings (SSSR count). The van der Waals surface area contributed by atoms with Crippen LogP contribution in [0, 0.1) is 0 Å². The molecule has 29 heavy (non-hydrogen) atoms. The second-order valence-corrected chi connectivity index (χ2v) is 9.26. The van der Waals surface area contributed by atoms with Gasteiger partial charge in [-0.3, -0.25) is 9.59 Å². The van der Waals surface area contributed by atoms with E-state index in [1.165, 1.54) is 6.42 Å². The van der Waals surface area contributed by atoms with Crippen LogP contribution in [-0.2, 0) is 11.3 Å². The third-order valence-corrected chi connectivity index (χ3v) is 7.45. The van der Waals surface area contributed by atoms with Gasteiger partial charge in [0.25, 0.3) is 5.91 Å². The molecule has 1 aliphatic heterocycles. The number of thioether (sulfide) groups is 1. The molecule has 1 saturated carbocycles. The Morgan fingerprint density at radius 2 is 1.76 bits per heavy atom.